The Kier molecular flexibility index (Phi) is 2.49. The van der Waals surface area contributed by atoms with Gasteiger partial charge in [-0.15, -0.1) is 0 Å². The van der Waals surface area contributed by atoms with Gasteiger partial charge in [0.05, 0.1) is 17.1 Å². The molecule has 23 heavy (non-hydrogen) atoms. The monoisotopic (exact) mass is 315 g/mol. The third-order valence-corrected chi connectivity index (χ3v) is 5.58. The number of aliphatic hydroxyl groups is 1. The highest BCUT2D eigenvalue weighted by Crippen LogP contribution is 2.52. The van der Waals surface area contributed by atoms with E-state index in [1.165, 1.54) is 0 Å². The first-order chi connectivity index (χ1) is 11.1. The molecular weight excluding hydrogens is 298 g/mol. The van der Waals surface area contributed by atoms with Gasteiger partial charge in [-0.25, -0.2) is 4.79 Å². The topological polar surface area (TPSA) is 68.2 Å². The average molecular weight is 315 g/mol. The summed E-state index contributed by atoms with van der Waals surface area (Å²) < 4.78 is 16.7. The SMILES string of the molecule is CN1CC2OC(=O)c3cc4c(cc3C23C=CC(O)CC13)OCO4. The van der Waals surface area contributed by atoms with Crippen LogP contribution in [0.25, 0.3) is 0 Å². The van der Waals surface area contributed by atoms with Gasteiger partial charge < -0.3 is 19.3 Å². The summed E-state index contributed by atoms with van der Waals surface area (Å²) in [5, 5.41) is 10.0. The fraction of sp³-hybridized carbons (Fsp3) is 0.471. The lowest BCUT2D eigenvalue weighted by Gasteiger charge is -2.44. The first kappa shape index (κ1) is 13.4. The smallest absolute Gasteiger partial charge is 0.338 e. The van der Waals surface area contributed by atoms with E-state index in [2.05, 4.69) is 4.90 Å². The van der Waals surface area contributed by atoms with Gasteiger partial charge in [-0.3, -0.25) is 4.90 Å². The zero-order valence-corrected chi connectivity index (χ0v) is 12.7. The molecule has 5 rings (SSSR count). The van der Waals surface area contributed by atoms with Crippen LogP contribution in [0.1, 0.15) is 22.3 Å². The Morgan fingerprint density at radius 2 is 2.09 bits per heavy atom. The molecule has 1 aliphatic carbocycles. The van der Waals surface area contributed by atoms with Crippen LogP contribution in [-0.2, 0) is 10.2 Å². The average Bonchev–Trinajstić information content (AvgIpc) is 3.09. The Labute approximate surface area is 133 Å². The predicted molar refractivity (Wildman–Crippen MR) is 79.6 cm³/mol. The van der Waals surface area contributed by atoms with Crippen molar-refractivity contribution in [3.05, 3.63) is 35.4 Å². The van der Waals surface area contributed by atoms with Crippen LogP contribution in [0.2, 0.25) is 0 Å². The summed E-state index contributed by atoms with van der Waals surface area (Å²) in [7, 11) is 2.01. The maximum Gasteiger partial charge on any atom is 0.338 e. The van der Waals surface area contributed by atoms with Gasteiger partial charge in [-0.05, 0) is 31.2 Å². The van der Waals surface area contributed by atoms with E-state index in [0.29, 0.717) is 30.0 Å². The zero-order chi connectivity index (χ0) is 15.8. The van der Waals surface area contributed by atoms with Crippen molar-refractivity contribution in [2.24, 2.45) is 0 Å². The van der Waals surface area contributed by atoms with E-state index in [1.54, 1.807) is 6.07 Å². The maximum atomic E-state index is 12.5. The third kappa shape index (κ3) is 1.57. The molecule has 4 atom stereocenters. The third-order valence-electron chi connectivity index (χ3n) is 5.58. The molecule has 3 aliphatic heterocycles. The van der Waals surface area contributed by atoms with Gasteiger partial charge in [0.1, 0.15) is 6.10 Å². The summed E-state index contributed by atoms with van der Waals surface area (Å²) in [6, 6.07) is 3.72. The number of ether oxygens (including phenoxy) is 3. The van der Waals surface area contributed by atoms with Gasteiger partial charge in [0.2, 0.25) is 6.79 Å². The number of likely N-dealkylation sites (N-methyl/N-ethyl adjacent to an activating group) is 1. The molecule has 0 aromatic heterocycles. The van der Waals surface area contributed by atoms with Gasteiger partial charge in [0.25, 0.3) is 0 Å². The number of carbonyl (C=O) groups is 1. The highest BCUT2D eigenvalue weighted by atomic mass is 16.7. The van der Waals surface area contributed by atoms with Crippen molar-refractivity contribution in [3.63, 3.8) is 0 Å². The van der Waals surface area contributed by atoms with E-state index < -0.39 is 11.5 Å². The molecule has 1 aromatic carbocycles. The van der Waals surface area contributed by atoms with Gasteiger partial charge in [0.15, 0.2) is 11.5 Å². The zero-order valence-electron chi connectivity index (χ0n) is 12.7. The molecule has 0 bridgehead atoms. The maximum absolute atomic E-state index is 12.5. The number of hydrogen-bond acceptors (Lipinski definition) is 6. The van der Waals surface area contributed by atoms with Crippen LogP contribution < -0.4 is 9.47 Å². The van der Waals surface area contributed by atoms with Gasteiger partial charge in [0, 0.05) is 12.6 Å². The minimum atomic E-state index is -0.470. The molecule has 1 aromatic rings. The summed E-state index contributed by atoms with van der Waals surface area (Å²) in [4.78, 5) is 14.6. The summed E-state index contributed by atoms with van der Waals surface area (Å²) in [5.41, 5.74) is 1.02. The summed E-state index contributed by atoms with van der Waals surface area (Å²) in [5.74, 6) is 0.931. The van der Waals surface area contributed by atoms with Crippen molar-refractivity contribution < 1.29 is 24.1 Å². The molecule has 4 aliphatic rings. The summed E-state index contributed by atoms with van der Waals surface area (Å²) in [6.07, 6.45) is 3.74. The van der Waals surface area contributed by atoms with Crippen molar-refractivity contribution in [1.29, 1.82) is 0 Å². The van der Waals surface area contributed by atoms with Crippen LogP contribution >= 0.6 is 0 Å². The van der Waals surface area contributed by atoms with Gasteiger partial charge in [-0.1, -0.05) is 12.2 Å². The minimum absolute atomic E-state index is 0.0831. The van der Waals surface area contributed by atoms with Crippen LogP contribution in [0.4, 0.5) is 0 Å². The molecule has 120 valence electrons. The first-order valence-electron chi connectivity index (χ1n) is 7.82. The predicted octanol–water partition coefficient (Wildman–Crippen LogP) is 0.827. The number of aliphatic hydroxyl groups excluding tert-OH is 1. The quantitative estimate of drug-likeness (QED) is 0.565. The van der Waals surface area contributed by atoms with Crippen LogP contribution in [0.15, 0.2) is 24.3 Å². The molecule has 6 heteroatoms. The molecule has 0 radical (unpaired) electrons. The highest BCUT2D eigenvalue weighted by molar-refractivity contribution is 5.94. The van der Waals surface area contributed by atoms with E-state index in [-0.39, 0.29) is 24.9 Å². The number of fused-ring (bicyclic) bond motifs is 2. The van der Waals surface area contributed by atoms with Crippen molar-refractivity contribution in [2.45, 2.75) is 30.1 Å². The molecule has 0 saturated carbocycles. The molecule has 1 spiro atoms. The normalized spacial score (nSPS) is 37.1. The standard InChI is InChI=1S/C17H17NO5/c1-18-7-15-17(3-2-9(19)4-14(17)18)11-6-13-12(21-8-22-13)5-10(11)16(20)23-15/h2-3,5-6,9,14-15,19H,4,7-8H2,1H3. The van der Waals surface area contributed by atoms with Crippen LogP contribution in [0, 0.1) is 0 Å². The lowest BCUT2D eigenvalue weighted by Crippen LogP contribution is -2.52. The molecule has 6 nitrogen and oxygen atoms in total. The number of hydrogen-bond donors (Lipinski definition) is 1. The Balaban J connectivity index is 1.78. The number of rotatable bonds is 0. The Bertz CT molecular complexity index is 745. The van der Waals surface area contributed by atoms with Crippen molar-refractivity contribution >= 4 is 5.97 Å². The molecule has 0 amide bonds. The number of carbonyl (C=O) groups excluding carboxylic acids is 1. The molecule has 3 heterocycles. The number of benzene rings is 1. The van der Waals surface area contributed by atoms with Gasteiger partial charge in [-0.2, -0.15) is 0 Å². The number of likely N-dealkylation sites (tertiary alicyclic amines) is 1. The summed E-state index contributed by atoms with van der Waals surface area (Å²) in [6.45, 7) is 0.822. The van der Waals surface area contributed by atoms with Crippen molar-refractivity contribution in [3.8, 4) is 11.5 Å². The van der Waals surface area contributed by atoms with E-state index in [4.69, 9.17) is 14.2 Å². The van der Waals surface area contributed by atoms with Crippen molar-refractivity contribution in [2.75, 3.05) is 20.4 Å². The van der Waals surface area contributed by atoms with Crippen molar-refractivity contribution in [1.82, 2.24) is 4.90 Å². The Morgan fingerprint density at radius 1 is 1.30 bits per heavy atom. The second-order valence-electron chi connectivity index (χ2n) is 6.70. The number of esters is 1. The largest absolute Gasteiger partial charge is 0.456 e. The van der Waals surface area contributed by atoms with E-state index in [0.717, 1.165) is 5.56 Å². The Hall–Kier alpha value is -2.05. The molecule has 4 unspecified atom stereocenters. The summed E-state index contributed by atoms with van der Waals surface area (Å²) >= 11 is 0. The fourth-order valence-electron chi connectivity index (χ4n) is 4.53. The van der Waals surface area contributed by atoms with Crippen LogP contribution in [-0.4, -0.2) is 54.6 Å². The van der Waals surface area contributed by atoms with Crippen LogP contribution in [0.5, 0.6) is 11.5 Å². The van der Waals surface area contributed by atoms with E-state index in [1.807, 2.05) is 25.3 Å². The first-order valence-corrected chi connectivity index (χ1v) is 7.82. The number of nitrogens with zero attached hydrogens (tertiary/aromatic N) is 1. The highest BCUT2D eigenvalue weighted by Gasteiger charge is 2.59. The second kappa shape index (κ2) is 4.27. The molecular formula is C17H17NO5. The lowest BCUT2D eigenvalue weighted by molar-refractivity contribution is 0.0130. The molecule has 1 N–H and O–H groups in total. The Morgan fingerprint density at radius 3 is 2.91 bits per heavy atom. The van der Waals surface area contributed by atoms with Gasteiger partial charge >= 0.3 is 5.97 Å². The van der Waals surface area contributed by atoms with Crippen LogP contribution in [0.3, 0.4) is 0 Å². The van der Waals surface area contributed by atoms with E-state index in [9.17, 15) is 9.90 Å². The molecule has 1 fully saturated rings. The fourth-order valence-corrected chi connectivity index (χ4v) is 4.53. The second-order valence-corrected chi connectivity index (χ2v) is 6.70. The molecule has 1 saturated heterocycles. The van der Waals surface area contributed by atoms with E-state index >= 15 is 0 Å². The lowest BCUT2D eigenvalue weighted by atomic mass is 9.65. The minimum Gasteiger partial charge on any atom is -0.456 e.